The fourth-order valence-electron chi connectivity index (χ4n) is 1.80. The van der Waals surface area contributed by atoms with Gasteiger partial charge in [0, 0.05) is 13.7 Å². The highest BCUT2D eigenvalue weighted by atomic mass is 16.5. The maximum atomic E-state index is 11.5. The SMILES string of the molecule is COCC(NC(=O)NCC1(C)CCC1)C(=O)O. The van der Waals surface area contributed by atoms with E-state index in [0.29, 0.717) is 6.54 Å². The summed E-state index contributed by atoms with van der Waals surface area (Å²) in [5.74, 6) is -1.10. The van der Waals surface area contributed by atoms with Crippen LogP contribution >= 0.6 is 0 Å². The monoisotopic (exact) mass is 244 g/mol. The molecule has 0 bridgehead atoms. The van der Waals surface area contributed by atoms with Crippen molar-refractivity contribution in [2.75, 3.05) is 20.3 Å². The van der Waals surface area contributed by atoms with E-state index in [1.54, 1.807) is 0 Å². The number of hydrogen-bond donors (Lipinski definition) is 3. The number of aliphatic carboxylic acids is 1. The van der Waals surface area contributed by atoms with Crippen molar-refractivity contribution in [1.82, 2.24) is 10.6 Å². The van der Waals surface area contributed by atoms with Crippen LogP contribution in [0.2, 0.25) is 0 Å². The maximum absolute atomic E-state index is 11.5. The first-order chi connectivity index (χ1) is 7.97. The van der Waals surface area contributed by atoms with Gasteiger partial charge in [-0.15, -0.1) is 0 Å². The van der Waals surface area contributed by atoms with Crippen molar-refractivity contribution in [3.63, 3.8) is 0 Å². The van der Waals surface area contributed by atoms with Gasteiger partial charge in [0.2, 0.25) is 0 Å². The Kier molecular flexibility index (Phi) is 4.74. The van der Waals surface area contributed by atoms with Gasteiger partial charge in [0.25, 0.3) is 0 Å². The van der Waals surface area contributed by atoms with Crippen molar-refractivity contribution in [1.29, 1.82) is 0 Å². The second-order valence-electron chi connectivity index (χ2n) is 4.84. The van der Waals surface area contributed by atoms with Crippen LogP contribution in [-0.2, 0) is 9.53 Å². The fourth-order valence-corrected chi connectivity index (χ4v) is 1.80. The summed E-state index contributed by atoms with van der Waals surface area (Å²) in [6.07, 6.45) is 3.41. The Morgan fingerprint density at radius 1 is 1.47 bits per heavy atom. The molecule has 1 atom stereocenters. The number of carbonyl (C=O) groups excluding carboxylic acids is 1. The molecule has 6 nitrogen and oxygen atoms in total. The molecule has 3 N–H and O–H groups in total. The minimum atomic E-state index is -1.10. The zero-order valence-electron chi connectivity index (χ0n) is 10.3. The van der Waals surface area contributed by atoms with E-state index in [0.717, 1.165) is 12.8 Å². The van der Waals surface area contributed by atoms with Crippen LogP contribution in [0.25, 0.3) is 0 Å². The standard InChI is InChI=1S/C11H20N2O4/c1-11(4-3-5-11)7-12-10(16)13-8(6-17-2)9(14)15/h8H,3-7H2,1-2H3,(H,14,15)(H2,12,13,16). The average Bonchev–Trinajstić information content (AvgIpc) is 2.23. The van der Waals surface area contributed by atoms with Crippen LogP contribution in [0.4, 0.5) is 4.79 Å². The molecular formula is C11H20N2O4. The van der Waals surface area contributed by atoms with Crippen LogP contribution < -0.4 is 10.6 Å². The number of carboxylic acids is 1. The van der Waals surface area contributed by atoms with Crippen molar-refractivity contribution in [3.8, 4) is 0 Å². The molecule has 0 aromatic heterocycles. The molecule has 2 amide bonds. The van der Waals surface area contributed by atoms with Crippen LogP contribution in [0, 0.1) is 5.41 Å². The smallest absolute Gasteiger partial charge is 0.328 e. The Morgan fingerprint density at radius 3 is 2.53 bits per heavy atom. The third-order valence-electron chi connectivity index (χ3n) is 3.17. The third kappa shape index (κ3) is 4.22. The molecule has 0 saturated heterocycles. The number of methoxy groups -OCH3 is 1. The van der Waals surface area contributed by atoms with Crippen LogP contribution in [0.5, 0.6) is 0 Å². The first-order valence-corrected chi connectivity index (χ1v) is 5.73. The number of urea groups is 1. The summed E-state index contributed by atoms with van der Waals surface area (Å²) in [7, 11) is 1.39. The highest BCUT2D eigenvalue weighted by Crippen LogP contribution is 2.39. The maximum Gasteiger partial charge on any atom is 0.328 e. The molecule has 0 aromatic carbocycles. The van der Waals surface area contributed by atoms with Gasteiger partial charge in [-0.25, -0.2) is 9.59 Å². The Morgan fingerprint density at radius 2 is 2.12 bits per heavy atom. The number of carbonyl (C=O) groups is 2. The molecule has 0 aliphatic heterocycles. The lowest BCUT2D eigenvalue weighted by atomic mass is 9.70. The highest BCUT2D eigenvalue weighted by molar-refractivity contribution is 5.82. The van der Waals surface area contributed by atoms with E-state index in [4.69, 9.17) is 9.84 Å². The van der Waals surface area contributed by atoms with Crippen molar-refractivity contribution in [2.24, 2.45) is 5.41 Å². The first-order valence-electron chi connectivity index (χ1n) is 5.73. The molecule has 1 aliphatic rings. The summed E-state index contributed by atoms with van der Waals surface area (Å²) in [5.41, 5.74) is 0.178. The zero-order valence-corrected chi connectivity index (χ0v) is 10.3. The summed E-state index contributed by atoms with van der Waals surface area (Å²) in [4.78, 5) is 22.2. The van der Waals surface area contributed by atoms with Crippen molar-refractivity contribution in [2.45, 2.75) is 32.2 Å². The summed E-state index contributed by atoms with van der Waals surface area (Å²) in [5, 5.41) is 13.9. The lowest BCUT2D eigenvalue weighted by Crippen LogP contribution is -2.50. The van der Waals surface area contributed by atoms with Crippen molar-refractivity contribution >= 4 is 12.0 Å². The molecule has 1 fully saturated rings. The van der Waals surface area contributed by atoms with Gasteiger partial charge in [0.05, 0.1) is 6.61 Å². The lowest BCUT2D eigenvalue weighted by Gasteiger charge is -2.38. The number of amides is 2. The molecule has 17 heavy (non-hydrogen) atoms. The largest absolute Gasteiger partial charge is 0.480 e. The molecule has 1 saturated carbocycles. The Labute approximate surface area is 101 Å². The fraction of sp³-hybridized carbons (Fsp3) is 0.818. The zero-order chi connectivity index (χ0) is 12.9. The number of nitrogens with one attached hydrogen (secondary N) is 2. The molecule has 1 aliphatic carbocycles. The first kappa shape index (κ1) is 13.8. The van der Waals surface area contributed by atoms with E-state index in [1.807, 2.05) is 0 Å². The molecule has 1 unspecified atom stereocenters. The van der Waals surface area contributed by atoms with Crippen LogP contribution in [-0.4, -0.2) is 43.4 Å². The average molecular weight is 244 g/mol. The number of rotatable bonds is 6. The van der Waals surface area contributed by atoms with E-state index in [9.17, 15) is 9.59 Å². The molecule has 1 rings (SSSR count). The van der Waals surface area contributed by atoms with Gasteiger partial charge in [-0.1, -0.05) is 13.3 Å². The van der Waals surface area contributed by atoms with Gasteiger partial charge in [0.15, 0.2) is 6.04 Å². The van der Waals surface area contributed by atoms with Gasteiger partial charge in [0.1, 0.15) is 0 Å². The van der Waals surface area contributed by atoms with Gasteiger partial charge in [-0.3, -0.25) is 0 Å². The lowest BCUT2D eigenvalue weighted by molar-refractivity contribution is -0.140. The van der Waals surface area contributed by atoms with Gasteiger partial charge < -0.3 is 20.5 Å². The normalized spacial score (nSPS) is 18.9. The Hall–Kier alpha value is -1.30. The van der Waals surface area contributed by atoms with Crippen molar-refractivity contribution in [3.05, 3.63) is 0 Å². The molecule has 0 heterocycles. The highest BCUT2D eigenvalue weighted by Gasteiger charge is 2.32. The van der Waals surface area contributed by atoms with Gasteiger partial charge in [-0.05, 0) is 18.3 Å². The molecule has 6 heteroatoms. The van der Waals surface area contributed by atoms with E-state index in [2.05, 4.69) is 17.6 Å². The minimum Gasteiger partial charge on any atom is -0.480 e. The summed E-state index contributed by atoms with van der Waals surface area (Å²) < 4.78 is 4.72. The summed E-state index contributed by atoms with van der Waals surface area (Å²) >= 11 is 0. The van der Waals surface area contributed by atoms with Crippen LogP contribution in [0.15, 0.2) is 0 Å². The Balaban J connectivity index is 2.29. The predicted molar refractivity (Wildman–Crippen MR) is 61.8 cm³/mol. The van der Waals surface area contributed by atoms with Gasteiger partial charge >= 0.3 is 12.0 Å². The summed E-state index contributed by atoms with van der Waals surface area (Å²) in [6, 6.07) is -1.46. The van der Waals surface area contributed by atoms with Crippen molar-refractivity contribution < 1.29 is 19.4 Å². The van der Waals surface area contributed by atoms with Gasteiger partial charge in [-0.2, -0.15) is 0 Å². The topological polar surface area (TPSA) is 87.7 Å². The molecule has 0 radical (unpaired) electrons. The number of hydrogen-bond acceptors (Lipinski definition) is 3. The molecule has 0 spiro atoms. The minimum absolute atomic E-state index is 0.0416. The predicted octanol–water partition coefficient (Wildman–Crippen LogP) is 0.575. The van der Waals surface area contributed by atoms with E-state index >= 15 is 0 Å². The quantitative estimate of drug-likeness (QED) is 0.637. The van der Waals surface area contributed by atoms with Crippen LogP contribution in [0.3, 0.4) is 0 Å². The number of carboxylic acid groups (broad SMARTS) is 1. The second-order valence-corrected chi connectivity index (χ2v) is 4.84. The second kappa shape index (κ2) is 5.86. The van der Waals surface area contributed by atoms with Crippen LogP contribution in [0.1, 0.15) is 26.2 Å². The van der Waals surface area contributed by atoms with E-state index in [1.165, 1.54) is 13.5 Å². The number of ether oxygens (including phenoxy) is 1. The summed E-state index contributed by atoms with van der Waals surface area (Å²) in [6.45, 7) is 2.65. The van der Waals surface area contributed by atoms with E-state index < -0.39 is 18.0 Å². The molecular weight excluding hydrogens is 224 g/mol. The van der Waals surface area contributed by atoms with E-state index in [-0.39, 0.29) is 12.0 Å². The molecule has 98 valence electrons. The third-order valence-corrected chi connectivity index (χ3v) is 3.17. The molecule has 0 aromatic rings. The Bertz CT molecular complexity index is 289.